The zero-order chi connectivity index (χ0) is 22.8. The van der Waals surface area contributed by atoms with Crippen molar-refractivity contribution in [2.75, 3.05) is 13.1 Å². The third-order valence-electron chi connectivity index (χ3n) is 6.10. The average Bonchev–Trinajstić information content (AvgIpc) is 3.16. The Kier molecular flexibility index (Phi) is 5.68. The van der Waals surface area contributed by atoms with Gasteiger partial charge in [-0.15, -0.1) is 5.10 Å². The number of amides is 1. The highest BCUT2D eigenvalue weighted by Crippen LogP contribution is 2.22. The quantitative estimate of drug-likeness (QED) is 0.519. The minimum absolute atomic E-state index is 0.0315. The molecule has 1 aliphatic heterocycles. The largest absolute Gasteiger partial charge is 0.338 e. The molecule has 1 saturated heterocycles. The van der Waals surface area contributed by atoms with Crippen LogP contribution in [0.15, 0.2) is 54.0 Å². The molecule has 1 fully saturated rings. The summed E-state index contributed by atoms with van der Waals surface area (Å²) in [6, 6.07) is 7.12. The summed E-state index contributed by atoms with van der Waals surface area (Å²) in [4.78, 5) is 38.1. The number of aromatic amines is 1. The highest BCUT2D eigenvalue weighted by molar-refractivity contribution is 5.97. The third kappa shape index (κ3) is 4.52. The van der Waals surface area contributed by atoms with E-state index in [4.69, 9.17) is 0 Å². The number of rotatable bonds is 4. The van der Waals surface area contributed by atoms with E-state index in [0.29, 0.717) is 36.1 Å². The van der Waals surface area contributed by atoms with Gasteiger partial charge in [-0.1, -0.05) is 11.6 Å². The number of H-pyrrole nitrogens is 1. The first-order valence-corrected chi connectivity index (χ1v) is 11.2. The average molecular weight is 444 g/mol. The summed E-state index contributed by atoms with van der Waals surface area (Å²) in [6.45, 7) is 4.07. The molecule has 0 bridgehead atoms. The van der Waals surface area contributed by atoms with Crippen molar-refractivity contribution in [1.29, 1.82) is 0 Å². The lowest BCUT2D eigenvalue weighted by Crippen LogP contribution is -2.35. The van der Waals surface area contributed by atoms with Crippen LogP contribution in [-0.4, -0.2) is 53.8 Å². The fourth-order valence-electron chi connectivity index (χ4n) is 4.43. The Balaban J connectivity index is 1.31. The second-order valence-corrected chi connectivity index (χ2v) is 8.65. The Morgan fingerprint density at radius 2 is 2.12 bits per heavy atom. The lowest BCUT2D eigenvalue weighted by Gasteiger charge is -2.24. The fraction of sp³-hybridized carbons (Fsp3) is 0.333. The number of hydrogen-bond acceptors (Lipinski definition) is 6. The predicted octanol–water partition coefficient (Wildman–Crippen LogP) is 2.83. The molecule has 4 aromatic rings. The molecule has 33 heavy (non-hydrogen) atoms. The maximum Gasteiger partial charge on any atom is 0.258 e. The molecule has 0 saturated carbocycles. The summed E-state index contributed by atoms with van der Waals surface area (Å²) >= 11 is 0. The first-order chi connectivity index (χ1) is 16.1. The minimum Gasteiger partial charge on any atom is -0.338 e. The van der Waals surface area contributed by atoms with Crippen LogP contribution in [-0.2, 0) is 6.54 Å². The molecule has 5 rings (SSSR count). The van der Waals surface area contributed by atoms with Gasteiger partial charge in [-0.2, -0.15) is 0 Å². The van der Waals surface area contributed by atoms with Gasteiger partial charge in [-0.25, -0.2) is 4.98 Å². The SMILES string of the molecule is Cc1cncc(-c2cn(CC3CCCCN(C(=O)c4ccc5c(=O)[nH]cnc5c4)C3)nn2)c1. The minimum atomic E-state index is -0.206. The molecule has 1 amide bonds. The van der Waals surface area contributed by atoms with Crippen molar-refractivity contribution in [3.8, 4) is 11.3 Å². The van der Waals surface area contributed by atoms with Crippen LogP contribution < -0.4 is 5.56 Å². The van der Waals surface area contributed by atoms with Gasteiger partial charge in [0, 0.05) is 43.2 Å². The van der Waals surface area contributed by atoms with Crippen LogP contribution in [0.3, 0.4) is 0 Å². The molecule has 9 nitrogen and oxygen atoms in total. The van der Waals surface area contributed by atoms with Gasteiger partial charge in [0.15, 0.2) is 0 Å². The Labute approximate surface area is 190 Å². The Morgan fingerprint density at radius 1 is 1.21 bits per heavy atom. The van der Waals surface area contributed by atoms with E-state index < -0.39 is 0 Å². The third-order valence-corrected chi connectivity index (χ3v) is 6.10. The summed E-state index contributed by atoms with van der Waals surface area (Å²) < 4.78 is 1.86. The molecule has 0 spiro atoms. The molecular weight excluding hydrogens is 418 g/mol. The molecular formula is C24H25N7O2. The van der Waals surface area contributed by atoms with Gasteiger partial charge >= 0.3 is 0 Å². The van der Waals surface area contributed by atoms with E-state index in [1.807, 2.05) is 35.0 Å². The zero-order valence-electron chi connectivity index (χ0n) is 18.4. The van der Waals surface area contributed by atoms with Crippen LogP contribution in [0.5, 0.6) is 0 Å². The van der Waals surface area contributed by atoms with E-state index >= 15 is 0 Å². The lowest BCUT2D eigenvalue weighted by atomic mass is 10.0. The normalized spacial score (nSPS) is 16.6. The van der Waals surface area contributed by atoms with Gasteiger partial charge in [0.2, 0.25) is 0 Å². The highest BCUT2D eigenvalue weighted by atomic mass is 16.2. The lowest BCUT2D eigenvalue weighted by molar-refractivity contribution is 0.0735. The fourth-order valence-corrected chi connectivity index (χ4v) is 4.43. The molecule has 4 heterocycles. The summed E-state index contributed by atoms with van der Waals surface area (Å²) in [7, 11) is 0. The van der Waals surface area contributed by atoms with Crippen LogP contribution in [0.2, 0.25) is 0 Å². The second kappa shape index (κ2) is 8.93. The molecule has 3 aromatic heterocycles. The zero-order valence-corrected chi connectivity index (χ0v) is 18.4. The number of aryl methyl sites for hydroxylation is 1. The molecule has 9 heteroatoms. The van der Waals surface area contributed by atoms with Gasteiger partial charge < -0.3 is 9.88 Å². The monoisotopic (exact) mass is 443 g/mol. The number of pyridine rings is 1. The van der Waals surface area contributed by atoms with Gasteiger partial charge in [0.1, 0.15) is 5.69 Å². The van der Waals surface area contributed by atoms with Crippen molar-refractivity contribution >= 4 is 16.8 Å². The second-order valence-electron chi connectivity index (χ2n) is 8.65. The number of nitrogens with zero attached hydrogens (tertiary/aromatic N) is 6. The molecule has 1 aliphatic rings. The maximum absolute atomic E-state index is 13.3. The first-order valence-electron chi connectivity index (χ1n) is 11.2. The molecule has 1 atom stereocenters. The predicted molar refractivity (Wildman–Crippen MR) is 124 cm³/mol. The van der Waals surface area contributed by atoms with Gasteiger partial charge in [0.05, 0.1) is 23.4 Å². The number of carbonyl (C=O) groups excluding carboxylic acids is 1. The first kappa shape index (κ1) is 21.0. The van der Waals surface area contributed by atoms with E-state index in [1.165, 1.54) is 6.33 Å². The summed E-state index contributed by atoms with van der Waals surface area (Å²) in [5, 5.41) is 9.10. The highest BCUT2D eigenvalue weighted by Gasteiger charge is 2.24. The molecule has 1 unspecified atom stereocenters. The number of hydrogen-bond donors (Lipinski definition) is 1. The number of aromatic nitrogens is 6. The van der Waals surface area contributed by atoms with Crippen molar-refractivity contribution in [2.24, 2.45) is 5.92 Å². The molecule has 168 valence electrons. The number of likely N-dealkylation sites (tertiary alicyclic amines) is 1. The maximum atomic E-state index is 13.3. The number of benzene rings is 1. The van der Waals surface area contributed by atoms with Crippen molar-refractivity contribution in [2.45, 2.75) is 32.7 Å². The summed E-state index contributed by atoms with van der Waals surface area (Å²) in [5.74, 6) is 0.249. The van der Waals surface area contributed by atoms with Gasteiger partial charge in [-0.05, 0) is 55.5 Å². The van der Waals surface area contributed by atoms with Crippen LogP contribution in [0, 0.1) is 12.8 Å². The van der Waals surface area contributed by atoms with Crippen molar-refractivity contribution < 1.29 is 4.79 Å². The number of nitrogens with one attached hydrogen (secondary N) is 1. The van der Waals surface area contributed by atoms with Gasteiger partial charge in [0.25, 0.3) is 11.5 Å². The van der Waals surface area contributed by atoms with E-state index in [9.17, 15) is 9.59 Å². The number of fused-ring (bicyclic) bond motifs is 1. The van der Waals surface area contributed by atoms with Crippen molar-refractivity contribution in [3.63, 3.8) is 0 Å². The van der Waals surface area contributed by atoms with Crippen molar-refractivity contribution in [1.82, 2.24) is 34.8 Å². The topological polar surface area (TPSA) is 110 Å². The molecule has 0 radical (unpaired) electrons. The Bertz CT molecular complexity index is 1360. The summed E-state index contributed by atoms with van der Waals surface area (Å²) in [6.07, 6.45) is 9.96. The van der Waals surface area contributed by atoms with E-state index in [0.717, 1.165) is 36.1 Å². The van der Waals surface area contributed by atoms with Crippen molar-refractivity contribution in [3.05, 3.63) is 70.7 Å². The molecule has 0 aliphatic carbocycles. The molecule has 1 N–H and O–H groups in total. The molecule has 1 aromatic carbocycles. The standard InChI is InChI=1S/C24H25N7O2/c1-16-8-19(11-25-10-16)22-14-31(29-28-22)13-17-4-2-3-7-30(12-17)24(33)18-5-6-20-21(9-18)26-15-27-23(20)32/h5-6,8-11,14-15,17H,2-4,7,12-13H2,1H3,(H,26,27,32). The number of carbonyl (C=O) groups is 1. The Hall–Kier alpha value is -3.88. The van der Waals surface area contributed by atoms with Gasteiger partial charge in [-0.3, -0.25) is 19.3 Å². The smallest absolute Gasteiger partial charge is 0.258 e. The van der Waals surface area contributed by atoms with Crippen LogP contribution in [0.1, 0.15) is 35.2 Å². The van der Waals surface area contributed by atoms with E-state index in [1.54, 1.807) is 24.4 Å². The van der Waals surface area contributed by atoms with Crippen LogP contribution in [0.25, 0.3) is 22.2 Å². The summed E-state index contributed by atoms with van der Waals surface area (Å²) in [5.41, 5.74) is 3.69. The van der Waals surface area contributed by atoms with Crippen LogP contribution in [0.4, 0.5) is 0 Å². The van der Waals surface area contributed by atoms with E-state index in [2.05, 4.69) is 25.3 Å². The van der Waals surface area contributed by atoms with Crippen LogP contribution >= 0.6 is 0 Å². The van der Waals surface area contributed by atoms with E-state index in [-0.39, 0.29) is 17.4 Å². The Morgan fingerprint density at radius 3 is 3.00 bits per heavy atom.